The van der Waals surface area contributed by atoms with E-state index in [4.69, 9.17) is 16.3 Å². The van der Waals surface area contributed by atoms with Gasteiger partial charge >= 0.3 is 6.03 Å². The zero-order valence-corrected chi connectivity index (χ0v) is 16.3. The summed E-state index contributed by atoms with van der Waals surface area (Å²) in [7, 11) is 0. The third-order valence-electron chi connectivity index (χ3n) is 4.29. The van der Waals surface area contributed by atoms with E-state index in [-0.39, 0.29) is 25.1 Å². The summed E-state index contributed by atoms with van der Waals surface area (Å²) in [4.78, 5) is 25.5. The van der Waals surface area contributed by atoms with Crippen molar-refractivity contribution in [3.8, 4) is 0 Å². The minimum atomic E-state index is -0.500. The van der Waals surface area contributed by atoms with Crippen LogP contribution in [0.15, 0.2) is 18.2 Å². The van der Waals surface area contributed by atoms with Crippen LogP contribution in [0.1, 0.15) is 25.5 Å². The van der Waals surface area contributed by atoms with Crippen LogP contribution in [0, 0.1) is 5.82 Å². The molecule has 1 saturated heterocycles. The molecule has 0 unspecified atom stereocenters. The van der Waals surface area contributed by atoms with Gasteiger partial charge < -0.3 is 20.7 Å². The smallest absolute Gasteiger partial charge is 0.315 e. The molecule has 3 N–H and O–H groups in total. The molecule has 27 heavy (non-hydrogen) atoms. The molecular weight excluding hydrogens is 375 g/mol. The van der Waals surface area contributed by atoms with E-state index < -0.39 is 17.9 Å². The summed E-state index contributed by atoms with van der Waals surface area (Å²) in [6.45, 7) is 5.97. The quantitative estimate of drug-likeness (QED) is 0.650. The molecule has 3 amide bonds. The molecule has 150 valence electrons. The minimum absolute atomic E-state index is 0.00151. The van der Waals surface area contributed by atoms with Crippen molar-refractivity contribution < 1.29 is 18.7 Å². The van der Waals surface area contributed by atoms with Crippen molar-refractivity contribution in [3.05, 3.63) is 34.6 Å². The Kier molecular flexibility index (Phi) is 8.27. The molecule has 2 atom stereocenters. The fourth-order valence-electron chi connectivity index (χ4n) is 3.04. The molecule has 7 nitrogen and oxygen atoms in total. The maximum absolute atomic E-state index is 14.5. The number of morpholine rings is 1. The van der Waals surface area contributed by atoms with E-state index in [1.165, 1.54) is 6.07 Å². The van der Waals surface area contributed by atoms with E-state index in [0.717, 1.165) is 0 Å². The average molecular weight is 401 g/mol. The van der Waals surface area contributed by atoms with Gasteiger partial charge in [0.1, 0.15) is 5.82 Å². The predicted molar refractivity (Wildman–Crippen MR) is 101 cm³/mol. The van der Waals surface area contributed by atoms with Crippen molar-refractivity contribution in [2.45, 2.75) is 26.0 Å². The Balaban J connectivity index is 2.07. The molecule has 9 heteroatoms. The second kappa shape index (κ2) is 10.4. The van der Waals surface area contributed by atoms with Crippen molar-refractivity contribution in [1.29, 1.82) is 0 Å². The van der Waals surface area contributed by atoms with Crippen LogP contribution in [0.2, 0.25) is 5.02 Å². The number of urea groups is 1. The Hall–Kier alpha value is -1.90. The molecule has 2 rings (SSSR count). The number of nitrogens with one attached hydrogen (secondary N) is 3. The third kappa shape index (κ3) is 6.34. The highest BCUT2D eigenvalue weighted by atomic mass is 35.5. The number of hydrogen-bond acceptors (Lipinski definition) is 4. The standard InChI is InChI=1S/C18H26ClFN4O3/c1-3-21-16(25)10-23-18(26)22-9-15(24-7-8-27-12(2)11-24)17-13(19)5-4-6-14(17)20/h4-6,12,15H,3,7-11H2,1-2H3,(H,21,25)(H2,22,23,26)/t12-,15+/m1/s1. The van der Waals surface area contributed by atoms with Gasteiger partial charge in [0, 0.05) is 36.8 Å². The molecule has 0 radical (unpaired) electrons. The summed E-state index contributed by atoms with van der Waals surface area (Å²) in [6, 6.07) is 3.59. The number of rotatable bonds is 7. The summed E-state index contributed by atoms with van der Waals surface area (Å²) in [5, 5.41) is 8.09. The number of carbonyl (C=O) groups is 2. The van der Waals surface area contributed by atoms with Crippen molar-refractivity contribution in [1.82, 2.24) is 20.9 Å². The lowest BCUT2D eigenvalue weighted by Crippen LogP contribution is -2.49. The van der Waals surface area contributed by atoms with Gasteiger partial charge in [-0.1, -0.05) is 17.7 Å². The molecule has 1 aromatic rings. The number of nitrogens with zero attached hydrogens (tertiary/aromatic N) is 1. The first-order valence-corrected chi connectivity index (χ1v) is 9.38. The summed E-state index contributed by atoms with van der Waals surface area (Å²) >= 11 is 6.25. The Morgan fingerprint density at radius 2 is 2.15 bits per heavy atom. The van der Waals surface area contributed by atoms with Gasteiger partial charge in [-0.15, -0.1) is 0 Å². The van der Waals surface area contributed by atoms with Gasteiger partial charge in [0.05, 0.1) is 25.3 Å². The van der Waals surface area contributed by atoms with Crippen LogP contribution >= 0.6 is 11.6 Å². The SMILES string of the molecule is CCNC(=O)CNC(=O)NC[C@@H](c1c(F)cccc1Cl)N1CCO[C@H](C)C1. The maximum atomic E-state index is 14.5. The highest BCUT2D eigenvalue weighted by molar-refractivity contribution is 6.31. The number of carbonyl (C=O) groups excluding carboxylic acids is 2. The monoisotopic (exact) mass is 400 g/mol. The van der Waals surface area contributed by atoms with Crippen molar-refractivity contribution in [3.63, 3.8) is 0 Å². The number of ether oxygens (including phenoxy) is 1. The van der Waals surface area contributed by atoms with Gasteiger partial charge in [-0.25, -0.2) is 9.18 Å². The normalized spacial score (nSPS) is 18.6. The zero-order valence-electron chi connectivity index (χ0n) is 15.6. The fourth-order valence-corrected chi connectivity index (χ4v) is 3.33. The van der Waals surface area contributed by atoms with E-state index in [9.17, 15) is 14.0 Å². The van der Waals surface area contributed by atoms with Crippen LogP contribution in [-0.4, -0.2) is 62.3 Å². The predicted octanol–water partition coefficient (Wildman–Crippen LogP) is 1.68. The van der Waals surface area contributed by atoms with E-state index in [1.807, 2.05) is 11.8 Å². The largest absolute Gasteiger partial charge is 0.376 e. The highest BCUT2D eigenvalue weighted by Gasteiger charge is 2.29. The molecule has 1 fully saturated rings. The molecule has 0 saturated carbocycles. The molecule has 1 aliphatic rings. The van der Waals surface area contributed by atoms with Gasteiger partial charge in [-0.05, 0) is 26.0 Å². The van der Waals surface area contributed by atoms with Crippen LogP contribution in [-0.2, 0) is 9.53 Å². The van der Waals surface area contributed by atoms with Gasteiger partial charge in [0.15, 0.2) is 0 Å². The van der Waals surface area contributed by atoms with E-state index >= 15 is 0 Å². The Bertz CT molecular complexity index is 641. The number of likely N-dealkylation sites (N-methyl/N-ethyl adjacent to an activating group) is 1. The lowest BCUT2D eigenvalue weighted by molar-refractivity contribution is -0.119. The first-order chi connectivity index (χ1) is 12.9. The Labute approximate surface area is 163 Å². The van der Waals surface area contributed by atoms with Crippen LogP contribution in [0.5, 0.6) is 0 Å². The molecule has 1 aliphatic heterocycles. The van der Waals surface area contributed by atoms with E-state index in [0.29, 0.717) is 36.8 Å². The number of hydrogen-bond donors (Lipinski definition) is 3. The molecule has 1 heterocycles. The second-order valence-corrected chi connectivity index (χ2v) is 6.75. The lowest BCUT2D eigenvalue weighted by Gasteiger charge is -2.38. The average Bonchev–Trinajstić information content (AvgIpc) is 2.62. The molecule has 0 aromatic heterocycles. The summed E-state index contributed by atoms with van der Waals surface area (Å²) in [5.41, 5.74) is 0.345. The highest BCUT2D eigenvalue weighted by Crippen LogP contribution is 2.30. The molecule has 1 aromatic carbocycles. The van der Waals surface area contributed by atoms with Gasteiger partial charge in [0.2, 0.25) is 5.91 Å². The Morgan fingerprint density at radius 3 is 2.81 bits per heavy atom. The van der Waals surface area contributed by atoms with Gasteiger partial charge in [-0.2, -0.15) is 0 Å². The number of halogens is 2. The molecule has 0 aliphatic carbocycles. The van der Waals surface area contributed by atoms with Gasteiger partial charge in [-0.3, -0.25) is 9.69 Å². The fraction of sp³-hybridized carbons (Fsp3) is 0.556. The van der Waals surface area contributed by atoms with Crippen LogP contribution in [0.25, 0.3) is 0 Å². The third-order valence-corrected chi connectivity index (χ3v) is 4.62. The first-order valence-electron chi connectivity index (χ1n) is 9.00. The van der Waals surface area contributed by atoms with E-state index in [1.54, 1.807) is 19.1 Å². The maximum Gasteiger partial charge on any atom is 0.315 e. The molecular formula is C18H26ClFN4O3. The topological polar surface area (TPSA) is 82.7 Å². The number of amides is 3. The second-order valence-electron chi connectivity index (χ2n) is 6.34. The summed E-state index contributed by atoms with van der Waals surface area (Å²) < 4.78 is 20.0. The minimum Gasteiger partial charge on any atom is -0.376 e. The Morgan fingerprint density at radius 1 is 1.37 bits per heavy atom. The first kappa shape index (κ1) is 21.4. The summed E-state index contributed by atoms with van der Waals surface area (Å²) in [6.07, 6.45) is -0.00151. The molecule has 0 spiro atoms. The zero-order chi connectivity index (χ0) is 19.8. The van der Waals surface area contributed by atoms with Crippen molar-refractivity contribution in [2.24, 2.45) is 0 Å². The van der Waals surface area contributed by atoms with Crippen molar-refractivity contribution in [2.75, 3.05) is 39.3 Å². The van der Waals surface area contributed by atoms with Gasteiger partial charge in [0.25, 0.3) is 0 Å². The lowest BCUT2D eigenvalue weighted by atomic mass is 10.0. The van der Waals surface area contributed by atoms with E-state index in [2.05, 4.69) is 16.0 Å². The molecule has 0 bridgehead atoms. The summed E-state index contributed by atoms with van der Waals surface area (Å²) in [5.74, 6) is -0.695. The van der Waals surface area contributed by atoms with Crippen LogP contribution in [0.4, 0.5) is 9.18 Å². The van der Waals surface area contributed by atoms with Crippen LogP contribution < -0.4 is 16.0 Å². The van der Waals surface area contributed by atoms with Crippen molar-refractivity contribution >= 4 is 23.5 Å². The number of benzene rings is 1. The van der Waals surface area contributed by atoms with Crippen LogP contribution in [0.3, 0.4) is 0 Å².